The van der Waals surface area contributed by atoms with Gasteiger partial charge in [0.25, 0.3) is 0 Å². The van der Waals surface area contributed by atoms with E-state index in [-0.39, 0.29) is 12.6 Å². The highest BCUT2D eigenvalue weighted by atomic mass is 32.1. The van der Waals surface area contributed by atoms with Crippen LogP contribution in [-0.4, -0.2) is 15.9 Å². The quantitative estimate of drug-likeness (QED) is 0.686. The summed E-state index contributed by atoms with van der Waals surface area (Å²) in [5.41, 5.74) is 0.969. The molecule has 0 saturated heterocycles. The van der Waals surface area contributed by atoms with Gasteiger partial charge in [-0.3, -0.25) is 0 Å². The Labute approximate surface area is 113 Å². The fourth-order valence-electron chi connectivity index (χ4n) is 1.68. The summed E-state index contributed by atoms with van der Waals surface area (Å²) in [5, 5.41) is 0.860. The van der Waals surface area contributed by atoms with Crippen LogP contribution in [0.5, 0.6) is 0 Å². The second-order valence-electron chi connectivity index (χ2n) is 3.96. The molecule has 0 atom stereocenters. The van der Waals surface area contributed by atoms with E-state index >= 15 is 0 Å². The Morgan fingerprint density at radius 1 is 1.26 bits per heavy atom. The summed E-state index contributed by atoms with van der Waals surface area (Å²) < 4.78 is 5.27. The molecule has 94 valence electrons. The molecule has 0 aliphatic rings. The Morgan fingerprint density at radius 3 is 2.89 bits per heavy atom. The van der Waals surface area contributed by atoms with Gasteiger partial charge in [-0.05, 0) is 11.6 Å². The maximum atomic E-state index is 11.9. The average Bonchev–Trinajstić information content (AvgIpc) is 2.90. The normalized spacial score (nSPS) is 10.5. The molecule has 0 radical (unpaired) electrons. The zero-order chi connectivity index (χ0) is 13.1. The van der Waals surface area contributed by atoms with Crippen LogP contribution < -0.4 is 0 Å². The first kappa shape index (κ1) is 11.8. The van der Waals surface area contributed by atoms with E-state index in [0.29, 0.717) is 4.88 Å². The molecule has 5 heteroatoms. The molecule has 0 fully saturated rings. The lowest BCUT2D eigenvalue weighted by Crippen LogP contribution is -2.02. The van der Waals surface area contributed by atoms with Crippen LogP contribution in [-0.2, 0) is 11.3 Å². The van der Waals surface area contributed by atoms with Gasteiger partial charge in [-0.15, -0.1) is 11.3 Å². The lowest BCUT2D eigenvalue weighted by atomic mass is 10.2. The zero-order valence-electron chi connectivity index (χ0n) is 9.95. The highest BCUT2D eigenvalue weighted by Gasteiger charge is 2.12. The molecule has 3 rings (SSSR count). The van der Waals surface area contributed by atoms with Crippen molar-refractivity contribution in [3.8, 4) is 0 Å². The second-order valence-corrected chi connectivity index (χ2v) is 4.99. The molecule has 0 spiro atoms. The Bertz CT molecular complexity index is 677. The molecule has 0 aliphatic carbocycles. The smallest absolute Gasteiger partial charge is 0.348 e. The van der Waals surface area contributed by atoms with Gasteiger partial charge >= 0.3 is 5.97 Å². The van der Waals surface area contributed by atoms with Crippen molar-refractivity contribution in [3.63, 3.8) is 0 Å². The van der Waals surface area contributed by atoms with Gasteiger partial charge in [0.05, 0.1) is 0 Å². The van der Waals surface area contributed by atoms with Crippen LogP contribution in [0.1, 0.15) is 15.2 Å². The van der Waals surface area contributed by atoms with Crippen LogP contribution in [0.25, 0.3) is 10.2 Å². The molecule has 4 nitrogen and oxygen atoms in total. The Balaban J connectivity index is 1.73. The molecule has 3 aromatic rings. The van der Waals surface area contributed by atoms with E-state index in [0.717, 1.165) is 15.8 Å². The molecule has 0 amide bonds. The number of hydrogen-bond acceptors (Lipinski definition) is 5. The summed E-state index contributed by atoms with van der Waals surface area (Å²) in [6.07, 6.45) is 3.16. The van der Waals surface area contributed by atoms with Gasteiger partial charge in [-0.2, -0.15) is 0 Å². The number of esters is 1. The summed E-state index contributed by atoms with van der Waals surface area (Å²) in [4.78, 5) is 21.3. The van der Waals surface area contributed by atoms with E-state index in [2.05, 4.69) is 9.97 Å². The van der Waals surface area contributed by atoms with Gasteiger partial charge < -0.3 is 4.74 Å². The number of aromatic nitrogens is 2. The third-order valence-corrected chi connectivity index (χ3v) is 3.65. The summed E-state index contributed by atoms with van der Waals surface area (Å²) in [6, 6.07) is 11.4. The van der Waals surface area contributed by atoms with Crippen LogP contribution in [0.2, 0.25) is 0 Å². The van der Waals surface area contributed by atoms with Gasteiger partial charge in [0.15, 0.2) is 0 Å². The van der Waals surface area contributed by atoms with E-state index in [4.69, 9.17) is 4.74 Å². The summed E-state index contributed by atoms with van der Waals surface area (Å²) in [6.45, 7) is 0.277. The van der Waals surface area contributed by atoms with E-state index < -0.39 is 0 Å². The number of benzene rings is 1. The maximum Gasteiger partial charge on any atom is 0.348 e. The van der Waals surface area contributed by atoms with E-state index in [1.54, 1.807) is 12.3 Å². The third-order valence-electron chi connectivity index (χ3n) is 2.61. The van der Waals surface area contributed by atoms with Gasteiger partial charge in [-0.1, -0.05) is 30.3 Å². The zero-order valence-corrected chi connectivity index (χ0v) is 10.8. The van der Waals surface area contributed by atoms with E-state index in [9.17, 15) is 4.79 Å². The van der Waals surface area contributed by atoms with Crippen molar-refractivity contribution in [1.82, 2.24) is 9.97 Å². The monoisotopic (exact) mass is 270 g/mol. The second kappa shape index (κ2) is 5.16. The first-order chi connectivity index (χ1) is 9.33. The number of ether oxygens (including phenoxy) is 1. The molecular weight excluding hydrogens is 260 g/mol. The van der Waals surface area contributed by atoms with Crippen molar-refractivity contribution in [2.75, 3.05) is 0 Å². The van der Waals surface area contributed by atoms with Crippen molar-refractivity contribution in [2.45, 2.75) is 6.61 Å². The minimum absolute atomic E-state index is 0.277. The Hall–Kier alpha value is -2.27. The lowest BCUT2D eigenvalue weighted by Gasteiger charge is -2.02. The van der Waals surface area contributed by atoms with Crippen LogP contribution in [0.3, 0.4) is 0 Å². The first-order valence-electron chi connectivity index (χ1n) is 5.73. The average molecular weight is 270 g/mol. The number of fused-ring (bicyclic) bond motifs is 1. The molecule has 1 aromatic carbocycles. The molecule has 0 saturated carbocycles. The maximum absolute atomic E-state index is 11.9. The van der Waals surface area contributed by atoms with Crippen molar-refractivity contribution >= 4 is 27.5 Å². The molecule has 0 unspecified atom stereocenters. The topological polar surface area (TPSA) is 52.1 Å². The minimum atomic E-state index is -0.327. The number of thiophene rings is 1. The molecule has 0 N–H and O–H groups in total. The van der Waals surface area contributed by atoms with E-state index in [1.807, 2.05) is 30.3 Å². The fourth-order valence-corrected chi connectivity index (χ4v) is 2.55. The Morgan fingerprint density at radius 2 is 2.11 bits per heavy atom. The highest BCUT2D eigenvalue weighted by molar-refractivity contribution is 7.20. The van der Waals surface area contributed by atoms with Crippen LogP contribution in [0.15, 0.2) is 48.9 Å². The van der Waals surface area contributed by atoms with Crippen molar-refractivity contribution in [2.24, 2.45) is 0 Å². The number of carbonyl (C=O) groups excluding carboxylic acids is 1. The molecule has 2 aromatic heterocycles. The third kappa shape index (κ3) is 2.61. The van der Waals surface area contributed by atoms with Gasteiger partial charge in [0.1, 0.15) is 22.6 Å². The number of nitrogens with zero attached hydrogens (tertiary/aromatic N) is 2. The summed E-state index contributed by atoms with van der Waals surface area (Å²) in [5.74, 6) is -0.327. The van der Waals surface area contributed by atoms with Gasteiger partial charge in [0, 0.05) is 11.6 Å². The summed E-state index contributed by atoms with van der Waals surface area (Å²) in [7, 11) is 0. The number of hydrogen-bond donors (Lipinski definition) is 0. The molecule has 0 bridgehead atoms. The number of carbonyl (C=O) groups is 1. The van der Waals surface area contributed by atoms with Crippen molar-refractivity contribution in [1.29, 1.82) is 0 Å². The van der Waals surface area contributed by atoms with Crippen molar-refractivity contribution < 1.29 is 9.53 Å². The first-order valence-corrected chi connectivity index (χ1v) is 6.55. The van der Waals surface area contributed by atoms with Gasteiger partial charge in [0.2, 0.25) is 0 Å². The molecular formula is C14H10N2O2S. The SMILES string of the molecule is O=C(OCc1ccccc1)c1cc2cncnc2s1. The minimum Gasteiger partial charge on any atom is -0.457 e. The largest absolute Gasteiger partial charge is 0.457 e. The molecule has 0 aliphatic heterocycles. The Kier molecular flexibility index (Phi) is 3.20. The van der Waals surface area contributed by atoms with Crippen LogP contribution in [0, 0.1) is 0 Å². The van der Waals surface area contributed by atoms with E-state index in [1.165, 1.54) is 17.7 Å². The fraction of sp³-hybridized carbons (Fsp3) is 0.0714. The highest BCUT2D eigenvalue weighted by Crippen LogP contribution is 2.23. The predicted molar refractivity (Wildman–Crippen MR) is 73.0 cm³/mol. The molecule has 2 heterocycles. The van der Waals surface area contributed by atoms with Crippen molar-refractivity contribution in [3.05, 3.63) is 59.4 Å². The van der Waals surface area contributed by atoms with Crippen LogP contribution in [0.4, 0.5) is 0 Å². The van der Waals surface area contributed by atoms with Crippen LogP contribution >= 0.6 is 11.3 Å². The number of rotatable bonds is 3. The molecule has 19 heavy (non-hydrogen) atoms. The standard InChI is InChI=1S/C14H10N2O2S/c17-14(18-8-10-4-2-1-3-5-10)12-6-11-7-15-9-16-13(11)19-12/h1-7,9H,8H2. The summed E-state index contributed by atoms with van der Waals surface area (Å²) >= 11 is 1.31. The lowest BCUT2D eigenvalue weighted by molar-refractivity contribution is 0.0478. The predicted octanol–water partition coefficient (Wildman–Crippen LogP) is 3.05. The van der Waals surface area contributed by atoms with Gasteiger partial charge in [-0.25, -0.2) is 14.8 Å².